The number of hydrogen-bond acceptors (Lipinski definition) is 7. The molecule has 0 fully saturated rings. The Bertz CT molecular complexity index is 1740. The van der Waals surface area contributed by atoms with Crippen molar-refractivity contribution in [2.45, 2.75) is 23.4 Å². The first-order valence-electron chi connectivity index (χ1n) is 12.9. The number of carbonyl (C=O) groups is 1. The number of rotatable bonds is 10. The van der Waals surface area contributed by atoms with Crippen LogP contribution in [-0.2, 0) is 12.2 Å². The molecule has 0 aliphatic carbocycles. The summed E-state index contributed by atoms with van der Waals surface area (Å²) < 4.78 is 7.51. The minimum Gasteiger partial charge on any atom is -0.461 e. The maximum atomic E-state index is 13.3. The number of thiazole rings is 1. The van der Waals surface area contributed by atoms with Crippen LogP contribution in [0.4, 0.5) is 0 Å². The van der Waals surface area contributed by atoms with E-state index in [1.165, 1.54) is 23.1 Å². The second kappa shape index (κ2) is 12.6. The first-order valence-corrected chi connectivity index (χ1v) is 15.1. The van der Waals surface area contributed by atoms with Crippen LogP contribution in [0.5, 0.6) is 0 Å². The van der Waals surface area contributed by atoms with Crippen LogP contribution >= 0.6 is 34.7 Å². The maximum absolute atomic E-state index is 13.3. The van der Waals surface area contributed by atoms with E-state index in [9.17, 15) is 4.79 Å². The van der Waals surface area contributed by atoms with Gasteiger partial charge in [-0.2, -0.15) is 0 Å². The van der Waals surface area contributed by atoms with Gasteiger partial charge in [0.05, 0.1) is 23.7 Å². The molecule has 0 aliphatic rings. The summed E-state index contributed by atoms with van der Waals surface area (Å²) in [6.45, 7) is 0. The fourth-order valence-corrected chi connectivity index (χ4v) is 6.33. The molecule has 41 heavy (non-hydrogen) atoms. The zero-order chi connectivity index (χ0) is 28.0. The highest BCUT2D eigenvalue weighted by Crippen LogP contribution is 2.31. The van der Waals surface area contributed by atoms with E-state index in [1.807, 2.05) is 89.5 Å². The van der Waals surface area contributed by atoms with Crippen molar-refractivity contribution in [1.82, 2.24) is 25.1 Å². The summed E-state index contributed by atoms with van der Waals surface area (Å²) in [6.07, 6.45) is 2.28. The Labute approximate surface area is 250 Å². The molecule has 1 amide bonds. The van der Waals surface area contributed by atoms with E-state index >= 15 is 0 Å². The summed E-state index contributed by atoms with van der Waals surface area (Å²) in [5, 5.41) is 15.9. The van der Waals surface area contributed by atoms with Crippen molar-refractivity contribution in [1.29, 1.82) is 0 Å². The lowest BCUT2D eigenvalue weighted by molar-refractivity contribution is 0.0932. The molecule has 3 aromatic heterocycles. The molecule has 0 spiro atoms. The van der Waals surface area contributed by atoms with Crippen LogP contribution in [0, 0.1) is 0 Å². The Hall–Kier alpha value is -4.18. The standard InChI is InChI=1S/C31H24ClN5O2S2/c32-23-13-7-14-24(18-23)37-29(27-15-8-16-39-27)35-36-31(37)41-20-28-33-26(19-40-28)30(38)34-25(22-11-5-2-6-12-22)17-21-9-3-1-4-10-21/h1-16,18-19,25H,17,20H2,(H,34,38). The van der Waals surface area contributed by atoms with Gasteiger partial charge in [0.2, 0.25) is 5.82 Å². The number of benzene rings is 3. The zero-order valence-corrected chi connectivity index (χ0v) is 24.1. The highest BCUT2D eigenvalue weighted by atomic mass is 35.5. The van der Waals surface area contributed by atoms with E-state index in [4.69, 9.17) is 16.0 Å². The highest BCUT2D eigenvalue weighted by Gasteiger charge is 2.21. The number of halogens is 1. The average Bonchev–Trinajstić information content (AvgIpc) is 3.78. The summed E-state index contributed by atoms with van der Waals surface area (Å²) in [5.41, 5.74) is 3.41. The Morgan fingerprint density at radius 2 is 1.78 bits per heavy atom. The monoisotopic (exact) mass is 597 g/mol. The van der Waals surface area contributed by atoms with Gasteiger partial charge in [0, 0.05) is 10.4 Å². The highest BCUT2D eigenvalue weighted by molar-refractivity contribution is 7.98. The first kappa shape index (κ1) is 27.0. The normalized spacial score (nSPS) is 11.8. The molecule has 0 radical (unpaired) electrons. The average molecular weight is 598 g/mol. The molecule has 1 atom stereocenters. The van der Waals surface area contributed by atoms with Crippen molar-refractivity contribution < 1.29 is 9.21 Å². The minimum absolute atomic E-state index is 0.179. The molecule has 204 valence electrons. The van der Waals surface area contributed by atoms with Gasteiger partial charge in [0.25, 0.3) is 5.91 Å². The van der Waals surface area contributed by atoms with Crippen molar-refractivity contribution >= 4 is 40.6 Å². The second-order valence-corrected chi connectivity index (χ2v) is 11.5. The lowest BCUT2D eigenvalue weighted by atomic mass is 9.99. The van der Waals surface area contributed by atoms with E-state index in [0.717, 1.165) is 21.8 Å². The molecule has 1 N–H and O–H groups in total. The quantitative estimate of drug-likeness (QED) is 0.163. The summed E-state index contributed by atoms with van der Waals surface area (Å²) in [4.78, 5) is 17.9. The van der Waals surface area contributed by atoms with Crippen LogP contribution in [0.25, 0.3) is 17.3 Å². The Kier molecular flexibility index (Phi) is 8.27. The number of aromatic nitrogens is 4. The Morgan fingerprint density at radius 3 is 2.54 bits per heavy atom. The minimum atomic E-state index is -0.204. The number of carbonyl (C=O) groups excluding carboxylic acids is 1. The molecule has 10 heteroatoms. The van der Waals surface area contributed by atoms with Crippen LogP contribution in [0.1, 0.15) is 32.7 Å². The fourth-order valence-electron chi connectivity index (χ4n) is 4.40. The van der Waals surface area contributed by atoms with E-state index < -0.39 is 0 Å². The largest absolute Gasteiger partial charge is 0.461 e. The number of hydrogen-bond donors (Lipinski definition) is 1. The topological polar surface area (TPSA) is 85.8 Å². The summed E-state index contributed by atoms with van der Waals surface area (Å²) in [7, 11) is 0. The fraction of sp³-hybridized carbons (Fsp3) is 0.0968. The van der Waals surface area contributed by atoms with Gasteiger partial charge in [0.15, 0.2) is 10.9 Å². The van der Waals surface area contributed by atoms with Crippen molar-refractivity contribution in [3.63, 3.8) is 0 Å². The second-order valence-electron chi connectivity index (χ2n) is 9.14. The first-order chi connectivity index (χ1) is 20.1. The van der Waals surface area contributed by atoms with Gasteiger partial charge < -0.3 is 9.73 Å². The molecule has 0 saturated carbocycles. The van der Waals surface area contributed by atoms with Crippen LogP contribution in [0.2, 0.25) is 5.02 Å². The van der Waals surface area contributed by atoms with Crippen molar-refractivity contribution in [2.24, 2.45) is 0 Å². The molecule has 3 heterocycles. The third-order valence-electron chi connectivity index (χ3n) is 6.34. The van der Waals surface area contributed by atoms with E-state index in [2.05, 4.69) is 32.6 Å². The Balaban J connectivity index is 1.18. The lowest BCUT2D eigenvalue weighted by Crippen LogP contribution is -2.30. The van der Waals surface area contributed by atoms with Gasteiger partial charge in [-0.05, 0) is 47.9 Å². The summed E-state index contributed by atoms with van der Waals surface area (Å²) in [6, 6.07) is 31.1. The number of nitrogens with one attached hydrogen (secondary N) is 1. The van der Waals surface area contributed by atoms with E-state index in [0.29, 0.717) is 39.6 Å². The predicted octanol–water partition coefficient (Wildman–Crippen LogP) is 7.64. The third-order valence-corrected chi connectivity index (χ3v) is 8.55. The van der Waals surface area contributed by atoms with E-state index in [1.54, 1.807) is 11.6 Å². The van der Waals surface area contributed by atoms with Crippen molar-refractivity contribution in [3.05, 3.63) is 136 Å². The van der Waals surface area contributed by atoms with Crippen LogP contribution in [0.15, 0.2) is 118 Å². The Morgan fingerprint density at radius 1 is 0.976 bits per heavy atom. The molecular weight excluding hydrogens is 574 g/mol. The molecule has 1 unspecified atom stereocenters. The molecular formula is C31H24ClN5O2S2. The molecule has 6 rings (SSSR count). The molecule has 6 aromatic rings. The van der Waals surface area contributed by atoms with Crippen LogP contribution in [-0.4, -0.2) is 25.7 Å². The molecule has 7 nitrogen and oxygen atoms in total. The predicted molar refractivity (Wildman–Crippen MR) is 163 cm³/mol. The smallest absolute Gasteiger partial charge is 0.271 e. The number of amides is 1. The zero-order valence-electron chi connectivity index (χ0n) is 21.7. The molecule has 0 saturated heterocycles. The molecule has 0 bridgehead atoms. The van der Waals surface area contributed by atoms with Gasteiger partial charge in [-0.1, -0.05) is 90.1 Å². The number of furan rings is 1. The number of thioether (sulfide) groups is 1. The SMILES string of the molecule is O=C(NC(Cc1ccccc1)c1ccccc1)c1csc(CSc2nnc(-c3ccco3)n2-c2cccc(Cl)c2)n1. The summed E-state index contributed by atoms with van der Waals surface area (Å²) in [5.74, 6) is 1.48. The van der Waals surface area contributed by atoms with Crippen LogP contribution in [0.3, 0.4) is 0 Å². The van der Waals surface area contributed by atoms with Crippen LogP contribution < -0.4 is 5.32 Å². The third kappa shape index (κ3) is 6.43. The molecule has 0 aliphatic heterocycles. The van der Waals surface area contributed by atoms with Crippen molar-refractivity contribution in [3.8, 4) is 17.3 Å². The lowest BCUT2D eigenvalue weighted by Gasteiger charge is -2.19. The maximum Gasteiger partial charge on any atom is 0.271 e. The van der Waals surface area contributed by atoms with Gasteiger partial charge in [0.1, 0.15) is 10.7 Å². The van der Waals surface area contributed by atoms with Gasteiger partial charge in [-0.15, -0.1) is 21.5 Å². The summed E-state index contributed by atoms with van der Waals surface area (Å²) >= 11 is 9.21. The van der Waals surface area contributed by atoms with Gasteiger partial charge >= 0.3 is 0 Å². The number of nitrogens with zero attached hydrogens (tertiary/aromatic N) is 4. The van der Waals surface area contributed by atoms with Crippen molar-refractivity contribution in [2.75, 3.05) is 0 Å². The molecule has 3 aromatic carbocycles. The van der Waals surface area contributed by atoms with E-state index in [-0.39, 0.29) is 11.9 Å². The van der Waals surface area contributed by atoms with Gasteiger partial charge in [-0.3, -0.25) is 9.36 Å². The van der Waals surface area contributed by atoms with Gasteiger partial charge in [-0.25, -0.2) is 4.98 Å².